The molecule has 7 N–H and O–H groups in total. The summed E-state index contributed by atoms with van der Waals surface area (Å²) < 4.78 is 0. The molecular formula is C12H21N6O+. The van der Waals surface area contributed by atoms with Gasteiger partial charge in [0.15, 0.2) is 0 Å². The van der Waals surface area contributed by atoms with E-state index in [9.17, 15) is 4.79 Å². The van der Waals surface area contributed by atoms with Gasteiger partial charge in [-0.15, -0.1) is 0 Å². The predicted octanol–water partition coefficient (Wildman–Crippen LogP) is -0.282. The van der Waals surface area contributed by atoms with E-state index in [1.54, 1.807) is 6.20 Å². The molecule has 104 valence electrons. The van der Waals surface area contributed by atoms with Gasteiger partial charge in [0.2, 0.25) is 5.82 Å². The average Bonchev–Trinajstić information content (AvgIpc) is 2.31. The quantitative estimate of drug-likeness (QED) is 0.563. The summed E-state index contributed by atoms with van der Waals surface area (Å²) in [4.78, 5) is 18.6. The van der Waals surface area contributed by atoms with E-state index in [4.69, 9.17) is 11.5 Å². The molecule has 1 aliphatic carbocycles. The van der Waals surface area contributed by atoms with E-state index in [2.05, 4.69) is 20.6 Å². The van der Waals surface area contributed by atoms with Gasteiger partial charge in [-0.3, -0.25) is 10.1 Å². The molecule has 1 saturated carbocycles. The van der Waals surface area contributed by atoms with Crippen LogP contribution in [0.4, 0.5) is 11.8 Å². The van der Waals surface area contributed by atoms with E-state index in [0.29, 0.717) is 29.9 Å². The number of rotatable bonds is 6. The molecule has 1 aromatic rings. The molecule has 1 fully saturated rings. The van der Waals surface area contributed by atoms with Crippen molar-refractivity contribution in [2.24, 2.45) is 11.5 Å². The van der Waals surface area contributed by atoms with Crippen LogP contribution >= 0.6 is 0 Å². The van der Waals surface area contributed by atoms with Crippen molar-refractivity contribution >= 4 is 17.7 Å². The number of carbonyl (C=O) groups is 1. The van der Waals surface area contributed by atoms with Crippen molar-refractivity contribution in [2.75, 3.05) is 17.2 Å². The monoisotopic (exact) mass is 265 g/mol. The second-order valence-electron chi connectivity index (χ2n) is 5.01. The average molecular weight is 265 g/mol. The maximum atomic E-state index is 11.4. The van der Waals surface area contributed by atoms with Crippen molar-refractivity contribution in [3.8, 4) is 0 Å². The summed E-state index contributed by atoms with van der Waals surface area (Å²) in [7, 11) is 0. The van der Waals surface area contributed by atoms with Crippen LogP contribution in [0.15, 0.2) is 6.20 Å². The van der Waals surface area contributed by atoms with Gasteiger partial charge in [0.1, 0.15) is 5.56 Å². The zero-order valence-electron chi connectivity index (χ0n) is 11.1. The fourth-order valence-corrected chi connectivity index (χ4v) is 1.81. The van der Waals surface area contributed by atoms with E-state index in [-0.39, 0.29) is 6.04 Å². The van der Waals surface area contributed by atoms with Crippen molar-refractivity contribution in [1.29, 1.82) is 0 Å². The number of amides is 1. The standard InChI is InChI=1S/C12H20N6O/c1-7(13)5-15-12-16-6-9(10(14)19)11(18-12)17-8-3-2-4-8/h6-8H,2-5,13H2,1H3,(H2,14,19)(H2,15,16,17,18)/p+1. The predicted molar refractivity (Wildman–Crippen MR) is 72.7 cm³/mol. The fraction of sp³-hybridized carbons (Fsp3) is 0.583. The van der Waals surface area contributed by atoms with Gasteiger partial charge in [0.05, 0.1) is 12.7 Å². The number of nitrogens with one attached hydrogen (secondary N) is 3. The third kappa shape index (κ3) is 3.54. The number of H-pyrrole nitrogens is 1. The van der Waals surface area contributed by atoms with Crippen LogP contribution in [-0.4, -0.2) is 29.5 Å². The minimum Gasteiger partial charge on any atom is -0.365 e. The molecule has 1 unspecified atom stereocenters. The molecule has 7 heteroatoms. The number of primary amides is 1. The first-order valence-corrected chi connectivity index (χ1v) is 6.55. The molecule has 1 amide bonds. The Balaban J connectivity index is 2.14. The molecule has 0 aliphatic heterocycles. The van der Waals surface area contributed by atoms with Gasteiger partial charge in [-0.05, 0) is 26.2 Å². The second-order valence-corrected chi connectivity index (χ2v) is 5.01. The molecule has 0 saturated heterocycles. The largest absolute Gasteiger partial charge is 0.391 e. The molecular weight excluding hydrogens is 244 g/mol. The van der Waals surface area contributed by atoms with Gasteiger partial charge in [-0.1, -0.05) is 4.98 Å². The van der Waals surface area contributed by atoms with Crippen molar-refractivity contribution in [2.45, 2.75) is 38.3 Å². The summed E-state index contributed by atoms with van der Waals surface area (Å²) in [5.41, 5.74) is 11.4. The van der Waals surface area contributed by atoms with Gasteiger partial charge in [-0.2, -0.15) is 0 Å². The molecule has 7 nitrogen and oxygen atoms in total. The number of hydrogen-bond donors (Lipinski definition) is 4. The lowest BCUT2D eigenvalue weighted by molar-refractivity contribution is -0.365. The first-order valence-electron chi connectivity index (χ1n) is 6.55. The minimum absolute atomic E-state index is 0.0223. The van der Waals surface area contributed by atoms with Crippen LogP contribution in [0, 0.1) is 0 Å². The summed E-state index contributed by atoms with van der Waals surface area (Å²) in [5, 5.41) is 6.33. The van der Waals surface area contributed by atoms with E-state index < -0.39 is 5.91 Å². The molecule has 1 atom stereocenters. The van der Waals surface area contributed by atoms with Crippen LogP contribution in [0.1, 0.15) is 36.5 Å². The Bertz CT molecular complexity index is 458. The van der Waals surface area contributed by atoms with Crippen molar-refractivity contribution in [1.82, 2.24) is 4.98 Å². The molecule has 2 rings (SSSR count). The van der Waals surface area contributed by atoms with E-state index in [1.807, 2.05) is 6.92 Å². The van der Waals surface area contributed by atoms with Gasteiger partial charge in [-0.25, -0.2) is 4.98 Å². The second kappa shape index (κ2) is 5.83. The lowest BCUT2D eigenvalue weighted by Gasteiger charge is -2.26. The summed E-state index contributed by atoms with van der Waals surface area (Å²) in [6, 6.07) is 0.406. The fourth-order valence-electron chi connectivity index (χ4n) is 1.81. The van der Waals surface area contributed by atoms with Gasteiger partial charge in [0, 0.05) is 12.1 Å². The molecule has 1 heterocycles. The van der Waals surface area contributed by atoms with Crippen LogP contribution in [0.2, 0.25) is 0 Å². The zero-order chi connectivity index (χ0) is 13.8. The van der Waals surface area contributed by atoms with Crippen LogP contribution < -0.4 is 27.1 Å². The molecule has 19 heavy (non-hydrogen) atoms. The Labute approximate surface area is 112 Å². The van der Waals surface area contributed by atoms with Crippen molar-refractivity contribution < 1.29 is 9.78 Å². The lowest BCUT2D eigenvalue weighted by atomic mass is 9.93. The third-order valence-electron chi connectivity index (χ3n) is 3.13. The Morgan fingerprint density at radius 2 is 2.37 bits per heavy atom. The number of carbonyl (C=O) groups excluding carboxylic acids is 1. The Morgan fingerprint density at radius 3 is 2.89 bits per heavy atom. The topological polar surface area (TPSA) is 120 Å². The Kier molecular flexibility index (Phi) is 4.16. The highest BCUT2D eigenvalue weighted by Crippen LogP contribution is 2.23. The highest BCUT2D eigenvalue weighted by molar-refractivity contribution is 5.97. The van der Waals surface area contributed by atoms with E-state index in [1.165, 1.54) is 6.42 Å². The Hall–Kier alpha value is -1.89. The number of nitrogens with zero attached hydrogens (tertiary/aromatic N) is 1. The highest BCUT2D eigenvalue weighted by Gasteiger charge is 2.23. The number of anilines is 2. The molecule has 0 bridgehead atoms. The number of aromatic nitrogens is 2. The maximum absolute atomic E-state index is 11.4. The first kappa shape index (κ1) is 13.5. The van der Waals surface area contributed by atoms with E-state index >= 15 is 0 Å². The summed E-state index contributed by atoms with van der Waals surface area (Å²) in [6.45, 7) is 2.50. The maximum Gasteiger partial charge on any atom is 0.391 e. The summed E-state index contributed by atoms with van der Waals surface area (Å²) in [5.74, 6) is 0.608. The molecule has 1 aromatic heterocycles. The SMILES string of the molecule is CC(N)CNc1nc(NC2CCC2)c(C(N)=O)c[nH+]1. The Morgan fingerprint density at radius 1 is 1.63 bits per heavy atom. The molecule has 1 aliphatic rings. The molecule has 0 aromatic carbocycles. The van der Waals surface area contributed by atoms with Crippen molar-refractivity contribution in [3.63, 3.8) is 0 Å². The first-order chi connectivity index (χ1) is 9.06. The van der Waals surface area contributed by atoms with Gasteiger partial charge >= 0.3 is 5.95 Å². The minimum atomic E-state index is -0.496. The smallest absolute Gasteiger partial charge is 0.365 e. The molecule has 0 radical (unpaired) electrons. The van der Waals surface area contributed by atoms with Gasteiger partial charge in [0.25, 0.3) is 5.91 Å². The number of hydrogen-bond acceptors (Lipinski definition) is 5. The normalized spacial score (nSPS) is 16.5. The lowest BCUT2D eigenvalue weighted by Crippen LogP contribution is -2.32. The zero-order valence-corrected chi connectivity index (χ0v) is 11.1. The van der Waals surface area contributed by atoms with Gasteiger partial charge < -0.3 is 16.8 Å². The van der Waals surface area contributed by atoms with Crippen molar-refractivity contribution in [3.05, 3.63) is 11.8 Å². The van der Waals surface area contributed by atoms with Crippen LogP contribution in [0.25, 0.3) is 0 Å². The van der Waals surface area contributed by atoms with Crippen LogP contribution in [0.5, 0.6) is 0 Å². The van der Waals surface area contributed by atoms with Crippen LogP contribution in [-0.2, 0) is 0 Å². The molecule has 0 spiro atoms. The van der Waals surface area contributed by atoms with E-state index in [0.717, 1.165) is 12.8 Å². The van der Waals surface area contributed by atoms with Crippen LogP contribution in [0.3, 0.4) is 0 Å². The summed E-state index contributed by atoms with van der Waals surface area (Å²) >= 11 is 0. The number of aromatic amines is 1. The number of nitrogens with two attached hydrogens (primary N) is 2. The highest BCUT2D eigenvalue weighted by atomic mass is 16.1. The summed E-state index contributed by atoms with van der Waals surface area (Å²) in [6.07, 6.45) is 4.97. The third-order valence-corrected chi connectivity index (χ3v) is 3.13.